The van der Waals surface area contributed by atoms with E-state index in [0.717, 1.165) is 18.4 Å². The molecule has 2 atom stereocenters. The second kappa shape index (κ2) is 12.6. The maximum absolute atomic E-state index is 12.4. The molecule has 1 aliphatic rings. The average Bonchev–Trinajstić information content (AvgIpc) is 2.97. The fraction of sp³-hybridized carbons (Fsp3) is 0.267. The van der Waals surface area contributed by atoms with Gasteiger partial charge >= 0.3 is 12.1 Å². The molecule has 2 aromatic carbocycles. The topological polar surface area (TPSA) is 104 Å². The van der Waals surface area contributed by atoms with E-state index < -0.39 is 17.7 Å². The highest BCUT2D eigenvalue weighted by Gasteiger charge is 2.43. The van der Waals surface area contributed by atoms with Gasteiger partial charge in [-0.3, -0.25) is 9.78 Å². The number of aliphatic carboxylic acids is 1. The van der Waals surface area contributed by atoms with Crippen molar-refractivity contribution >= 4 is 46.0 Å². The lowest BCUT2D eigenvalue weighted by Crippen LogP contribution is -2.48. The summed E-state index contributed by atoms with van der Waals surface area (Å²) in [6.45, 7) is 2.73. The molecule has 0 aliphatic carbocycles. The molecule has 12 heteroatoms. The molecule has 5 rings (SSSR count). The van der Waals surface area contributed by atoms with Gasteiger partial charge in [0.25, 0.3) is 0 Å². The van der Waals surface area contributed by atoms with Crippen LogP contribution in [0.25, 0.3) is 22.0 Å². The van der Waals surface area contributed by atoms with Gasteiger partial charge in [0, 0.05) is 54.8 Å². The number of rotatable bonds is 4. The Morgan fingerprint density at radius 1 is 1.02 bits per heavy atom. The minimum absolute atomic E-state index is 0.0103. The Balaban J connectivity index is 0.000000517. The Morgan fingerprint density at radius 3 is 2.31 bits per heavy atom. The number of hydrogen-bond donors (Lipinski definition) is 2. The van der Waals surface area contributed by atoms with E-state index in [2.05, 4.69) is 9.97 Å². The quantitative estimate of drug-likeness (QED) is 0.245. The smallest absolute Gasteiger partial charge is 0.475 e. The normalized spacial score (nSPS) is 16.7. The summed E-state index contributed by atoms with van der Waals surface area (Å²) in [6, 6.07) is 18.9. The molecule has 220 valence electrons. The summed E-state index contributed by atoms with van der Waals surface area (Å²) in [5.74, 6) is -2.96. The van der Waals surface area contributed by atoms with Crippen molar-refractivity contribution < 1.29 is 33.0 Å². The maximum atomic E-state index is 12.4. The van der Waals surface area contributed by atoms with E-state index in [1.54, 1.807) is 24.2 Å². The van der Waals surface area contributed by atoms with Gasteiger partial charge in [0.1, 0.15) is 10.8 Å². The van der Waals surface area contributed by atoms with E-state index in [1.807, 2.05) is 60.7 Å². The highest BCUT2D eigenvalue weighted by atomic mass is 35.5. The van der Waals surface area contributed by atoms with Gasteiger partial charge < -0.3 is 15.1 Å². The van der Waals surface area contributed by atoms with Crippen LogP contribution in [0.5, 0.6) is 0 Å². The number of alkyl halides is 3. The van der Waals surface area contributed by atoms with E-state index in [1.165, 1.54) is 0 Å². The van der Waals surface area contributed by atoms with Crippen LogP contribution >= 0.6 is 23.2 Å². The first-order chi connectivity index (χ1) is 19.8. The summed E-state index contributed by atoms with van der Waals surface area (Å²) < 4.78 is 31.7. The van der Waals surface area contributed by atoms with Crippen molar-refractivity contribution in [1.29, 1.82) is 0 Å². The Bertz CT molecular complexity index is 1590. The fourth-order valence-electron chi connectivity index (χ4n) is 5.11. The van der Waals surface area contributed by atoms with Gasteiger partial charge in [0.2, 0.25) is 5.91 Å². The summed E-state index contributed by atoms with van der Waals surface area (Å²) in [5.41, 5.74) is 2.16. The fourth-order valence-corrected chi connectivity index (χ4v) is 5.81. The number of piperidine rings is 1. The minimum atomic E-state index is -5.08. The Labute approximate surface area is 249 Å². The van der Waals surface area contributed by atoms with E-state index in [9.17, 15) is 23.1 Å². The molecule has 0 radical (unpaired) electrons. The van der Waals surface area contributed by atoms with Crippen LogP contribution in [0.1, 0.15) is 30.9 Å². The van der Waals surface area contributed by atoms with Crippen LogP contribution in [0, 0.1) is 5.92 Å². The van der Waals surface area contributed by atoms with Crippen molar-refractivity contribution in [1.82, 2.24) is 14.9 Å². The highest BCUT2D eigenvalue weighted by Crippen LogP contribution is 2.44. The summed E-state index contributed by atoms with van der Waals surface area (Å²) >= 11 is 13.5. The lowest BCUT2D eigenvalue weighted by atomic mass is 9.73. The third kappa shape index (κ3) is 6.51. The molecule has 0 saturated carbocycles. The minimum Gasteiger partial charge on any atom is -0.475 e. The van der Waals surface area contributed by atoms with Crippen LogP contribution in [0.15, 0.2) is 73.1 Å². The number of hydrogen-bond acceptors (Lipinski definition) is 5. The molecule has 0 spiro atoms. The molecular weight excluding hydrogens is 594 g/mol. The third-order valence-corrected chi connectivity index (χ3v) is 7.85. The molecule has 1 amide bonds. The average molecular weight is 620 g/mol. The Kier molecular flexibility index (Phi) is 9.40. The molecule has 7 nitrogen and oxygen atoms in total. The van der Waals surface area contributed by atoms with Crippen molar-refractivity contribution in [3.8, 4) is 11.1 Å². The van der Waals surface area contributed by atoms with Crippen molar-refractivity contribution in [3.63, 3.8) is 0 Å². The second-order valence-electron chi connectivity index (χ2n) is 9.80. The summed E-state index contributed by atoms with van der Waals surface area (Å²) in [5, 5.41) is 21.0. The predicted octanol–water partition coefficient (Wildman–Crippen LogP) is 6.73. The van der Waals surface area contributed by atoms with Gasteiger partial charge in [-0.2, -0.15) is 13.2 Å². The SMILES string of the molecule is CC(=O)N1CCCC(C(O)(c2cccnc2)c2ccc3nc(Cl)c(-c4ccccc4)c(Cl)c3c2)C1.O=C(O)C(F)(F)F. The predicted molar refractivity (Wildman–Crippen MR) is 153 cm³/mol. The number of pyridine rings is 2. The van der Waals surface area contributed by atoms with Crippen LogP contribution < -0.4 is 0 Å². The number of carbonyl (C=O) groups is 2. The zero-order valence-electron chi connectivity index (χ0n) is 22.3. The van der Waals surface area contributed by atoms with E-state index in [-0.39, 0.29) is 11.8 Å². The summed E-state index contributed by atoms with van der Waals surface area (Å²) in [6.07, 6.45) is -0.123. The van der Waals surface area contributed by atoms with Gasteiger partial charge in [-0.15, -0.1) is 0 Å². The first kappa shape index (κ1) is 31.2. The zero-order chi connectivity index (χ0) is 30.7. The maximum Gasteiger partial charge on any atom is 0.490 e. The Hall–Kier alpha value is -3.73. The van der Waals surface area contributed by atoms with Crippen molar-refractivity contribution in [3.05, 3.63) is 94.4 Å². The summed E-state index contributed by atoms with van der Waals surface area (Å²) in [4.78, 5) is 31.7. The number of aromatic nitrogens is 2. The van der Waals surface area contributed by atoms with Crippen LogP contribution in [0.4, 0.5) is 13.2 Å². The summed E-state index contributed by atoms with van der Waals surface area (Å²) in [7, 11) is 0. The number of carbonyl (C=O) groups excluding carboxylic acids is 1. The van der Waals surface area contributed by atoms with Crippen LogP contribution in [-0.2, 0) is 15.2 Å². The zero-order valence-corrected chi connectivity index (χ0v) is 23.8. The number of aliphatic hydroxyl groups is 1. The molecule has 42 heavy (non-hydrogen) atoms. The number of nitrogens with zero attached hydrogens (tertiary/aromatic N) is 3. The molecule has 1 aliphatic heterocycles. The standard InChI is InChI=1S/C28H25Cl2N3O2.C2HF3O2/c1-18(34)33-14-6-10-22(17-33)28(35,21-9-5-13-31-16-21)20-11-12-24-23(15-20)26(29)25(27(30)32-24)19-7-3-2-4-8-19;3-2(4,5)1(6)7/h2-5,7-9,11-13,15-16,22,35H,6,10,14,17H2,1H3;(H,6,7). The molecule has 2 N–H and O–H groups in total. The highest BCUT2D eigenvalue weighted by molar-refractivity contribution is 6.42. The number of amides is 1. The molecular formula is C30H26Cl2F3N3O4. The molecule has 3 heterocycles. The number of carboxylic acid groups (broad SMARTS) is 1. The lowest BCUT2D eigenvalue weighted by molar-refractivity contribution is -0.192. The lowest BCUT2D eigenvalue weighted by Gasteiger charge is -2.42. The number of halogens is 5. The van der Waals surface area contributed by atoms with Crippen LogP contribution in [-0.4, -0.2) is 56.2 Å². The van der Waals surface area contributed by atoms with Gasteiger partial charge in [-0.25, -0.2) is 9.78 Å². The molecule has 0 bridgehead atoms. The van der Waals surface area contributed by atoms with Crippen molar-refractivity contribution in [2.75, 3.05) is 13.1 Å². The monoisotopic (exact) mass is 619 g/mol. The number of fused-ring (bicyclic) bond motifs is 1. The van der Waals surface area contributed by atoms with E-state index in [0.29, 0.717) is 50.9 Å². The Morgan fingerprint density at radius 2 is 1.71 bits per heavy atom. The number of benzene rings is 2. The molecule has 4 aromatic rings. The van der Waals surface area contributed by atoms with Gasteiger partial charge in [-0.1, -0.05) is 65.7 Å². The van der Waals surface area contributed by atoms with Crippen LogP contribution in [0.3, 0.4) is 0 Å². The van der Waals surface area contributed by atoms with E-state index >= 15 is 0 Å². The number of likely N-dealkylation sites (tertiary alicyclic amines) is 1. The van der Waals surface area contributed by atoms with E-state index in [4.69, 9.17) is 33.1 Å². The first-order valence-electron chi connectivity index (χ1n) is 12.9. The molecule has 2 aromatic heterocycles. The molecule has 2 unspecified atom stereocenters. The second-order valence-corrected chi connectivity index (χ2v) is 10.5. The largest absolute Gasteiger partial charge is 0.490 e. The van der Waals surface area contributed by atoms with Gasteiger partial charge in [0.15, 0.2) is 0 Å². The first-order valence-corrected chi connectivity index (χ1v) is 13.6. The van der Waals surface area contributed by atoms with Gasteiger partial charge in [0.05, 0.1) is 10.5 Å². The molecule has 1 fully saturated rings. The third-order valence-electron chi connectivity index (χ3n) is 7.18. The van der Waals surface area contributed by atoms with Crippen molar-refractivity contribution in [2.24, 2.45) is 5.92 Å². The van der Waals surface area contributed by atoms with Gasteiger partial charge in [-0.05, 0) is 42.2 Å². The molecule has 1 saturated heterocycles. The number of carboxylic acids is 1. The van der Waals surface area contributed by atoms with Crippen LogP contribution in [0.2, 0.25) is 10.2 Å². The van der Waals surface area contributed by atoms with Crippen molar-refractivity contribution in [2.45, 2.75) is 31.5 Å².